The topological polar surface area (TPSA) is 50.8 Å². The Labute approximate surface area is 116 Å². The van der Waals surface area contributed by atoms with E-state index in [0.717, 1.165) is 13.1 Å². The van der Waals surface area contributed by atoms with Crippen LogP contribution in [0.25, 0.3) is 0 Å². The summed E-state index contributed by atoms with van der Waals surface area (Å²) in [5.74, 6) is 1.04. The first-order chi connectivity index (χ1) is 9.16. The van der Waals surface area contributed by atoms with Gasteiger partial charge in [-0.2, -0.15) is 0 Å². The molecule has 1 aromatic rings. The normalized spacial score (nSPS) is 21.6. The summed E-state index contributed by atoms with van der Waals surface area (Å²) >= 11 is 6.11. The predicted octanol–water partition coefficient (Wildman–Crippen LogP) is 1.50. The van der Waals surface area contributed by atoms with Gasteiger partial charge in [0.1, 0.15) is 0 Å². The number of amides is 1. The maximum Gasteiger partial charge on any atom is 0.254 e. The summed E-state index contributed by atoms with van der Waals surface area (Å²) in [6, 6.07) is 3.52. The molecule has 2 aliphatic rings. The molecule has 0 spiro atoms. The van der Waals surface area contributed by atoms with Crippen molar-refractivity contribution in [3.63, 3.8) is 0 Å². The zero-order chi connectivity index (χ0) is 13.4. The molecule has 1 saturated heterocycles. The van der Waals surface area contributed by atoms with Crippen molar-refractivity contribution in [2.24, 2.45) is 0 Å². The van der Waals surface area contributed by atoms with Crippen LogP contribution in [-0.4, -0.2) is 43.3 Å². The molecule has 1 atom stereocenters. The molecule has 5 nitrogen and oxygen atoms in total. The van der Waals surface area contributed by atoms with E-state index in [0.29, 0.717) is 28.6 Å². The summed E-state index contributed by atoms with van der Waals surface area (Å²) < 4.78 is 10.5. The summed E-state index contributed by atoms with van der Waals surface area (Å²) in [6.45, 7) is 4.50. The maximum absolute atomic E-state index is 12.5. The summed E-state index contributed by atoms with van der Waals surface area (Å²) in [7, 11) is 0. The molecule has 0 bridgehead atoms. The minimum atomic E-state index is -0.0193. The Bertz CT molecular complexity index is 521. The third-order valence-corrected chi connectivity index (χ3v) is 3.72. The fourth-order valence-electron chi connectivity index (χ4n) is 2.40. The SMILES string of the molecule is CC1CNCCN1C(=O)c1cc(Cl)c2c(c1)OCO2. The van der Waals surface area contributed by atoms with Crippen molar-refractivity contribution in [1.82, 2.24) is 10.2 Å². The number of fused-ring (bicyclic) bond motifs is 1. The van der Waals surface area contributed by atoms with Crippen molar-refractivity contribution in [2.45, 2.75) is 13.0 Å². The fourth-order valence-corrected chi connectivity index (χ4v) is 2.66. The van der Waals surface area contributed by atoms with Crippen LogP contribution in [0, 0.1) is 0 Å². The molecule has 0 saturated carbocycles. The third kappa shape index (κ3) is 2.24. The van der Waals surface area contributed by atoms with Crippen LogP contribution in [0.3, 0.4) is 0 Å². The van der Waals surface area contributed by atoms with Gasteiger partial charge in [-0.1, -0.05) is 11.6 Å². The standard InChI is InChI=1S/C13H15ClN2O3/c1-8-6-15-2-3-16(8)13(17)9-4-10(14)12-11(5-9)18-7-19-12/h4-5,8,15H,2-3,6-7H2,1H3. The summed E-state index contributed by atoms with van der Waals surface area (Å²) in [6.07, 6.45) is 0. The number of hydrogen-bond donors (Lipinski definition) is 1. The largest absolute Gasteiger partial charge is 0.454 e. The Hall–Kier alpha value is -1.46. The van der Waals surface area contributed by atoms with E-state index in [9.17, 15) is 4.79 Å². The predicted molar refractivity (Wildman–Crippen MR) is 70.9 cm³/mol. The molecule has 1 fully saturated rings. The van der Waals surface area contributed by atoms with Crippen LogP contribution in [0.15, 0.2) is 12.1 Å². The molecule has 0 aromatic heterocycles. The van der Waals surface area contributed by atoms with E-state index < -0.39 is 0 Å². The number of benzene rings is 1. The second-order valence-corrected chi connectivity index (χ2v) is 5.15. The van der Waals surface area contributed by atoms with Crippen LogP contribution in [0.1, 0.15) is 17.3 Å². The molecule has 3 rings (SSSR count). The van der Waals surface area contributed by atoms with Gasteiger partial charge in [-0.05, 0) is 19.1 Å². The lowest BCUT2D eigenvalue weighted by Crippen LogP contribution is -2.52. The first kappa shape index (κ1) is 12.6. The van der Waals surface area contributed by atoms with E-state index in [1.807, 2.05) is 11.8 Å². The Balaban J connectivity index is 1.89. The number of rotatable bonds is 1. The number of halogens is 1. The van der Waals surface area contributed by atoms with Gasteiger partial charge in [-0.3, -0.25) is 4.79 Å². The number of piperazine rings is 1. The van der Waals surface area contributed by atoms with Crippen molar-refractivity contribution < 1.29 is 14.3 Å². The van der Waals surface area contributed by atoms with Crippen LogP contribution in [-0.2, 0) is 0 Å². The second-order valence-electron chi connectivity index (χ2n) is 4.74. The van der Waals surface area contributed by atoms with E-state index in [4.69, 9.17) is 21.1 Å². The number of carbonyl (C=O) groups is 1. The maximum atomic E-state index is 12.5. The van der Waals surface area contributed by atoms with Crippen molar-refractivity contribution in [1.29, 1.82) is 0 Å². The number of nitrogens with one attached hydrogen (secondary N) is 1. The first-order valence-electron chi connectivity index (χ1n) is 6.27. The van der Waals surface area contributed by atoms with Gasteiger partial charge in [0, 0.05) is 31.2 Å². The van der Waals surface area contributed by atoms with Crippen LogP contribution >= 0.6 is 11.6 Å². The van der Waals surface area contributed by atoms with E-state index in [1.54, 1.807) is 12.1 Å². The monoisotopic (exact) mass is 282 g/mol. The van der Waals surface area contributed by atoms with E-state index in [2.05, 4.69) is 5.32 Å². The molecule has 19 heavy (non-hydrogen) atoms. The zero-order valence-corrected chi connectivity index (χ0v) is 11.4. The van der Waals surface area contributed by atoms with Gasteiger partial charge in [0.2, 0.25) is 6.79 Å². The fraction of sp³-hybridized carbons (Fsp3) is 0.462. The number of carbonyl (C=O) groups excluding carboxylic acids is 1. The van der Waals surface area contributed by atoms with Crippen molar-refractivity contribution in [3.05, 3.63) is 22.7 Å². The highest BCUT2D eigenvalue weighted by Gasteiger charge is 2.27. The van der Waals surface area contributed by atoms with Crippen LogP contribution in [0.4, 0.5) is 0 Å². The highest BCUT2D eigenvalue weighted by molar-refractivity contribution is 6.32. The van der Waals surface area contributed by atoms with Gasteiger partial charge in [0.05, 0.1) is 5.02 Å². The van der Waals surface area contributed by atoms with Crippen LogP contribution < -0.4 is 14.8 Å². The second kappa shape index (κ2) is 4.90. The van der Waals surface area contributed by atoms with Gasteiger partial charge in [0.25, 0.3) is 5.91 Å². The molecular weight excluding hydrogens is 268 g/mol. The smallest absolute Gasteiger partial charge is 0.254 e. The lowest BCUT2D eigenvalue weighted by atomic mass is 10.1. The zero-order valence-electron chi connectivity index (χ0n) is 10.6. The molecule has 0 aliphatic carbocycles. The van der Waals surface area contributed by atoms with Crippen molar-refractivity contribution in [3.8, 4) is 11.5 Å². The number of nitrogens with zero attached hydrogens (tertiary/aromatic N) is 1. The third-order valence-electron chi connectivity index (χ3n) is 3.44. The van der Waals surface area contributed by atoms with Gasteiger partial charge in [-0.25, -0.2) is 0 Å². The van der Waals surface area contributed by atoms with Gasteiger partial charge < -0.3 is 19.7 Å². The number of hydrogen-bond acceptors (Lipinski definition) is 4. The molecule has 1 unspecified atom stereocenters. The molecule has 2 heterocycles. The van der Waals surface area contributed by atoms with E-state index >= 15 is 0 Å². The lowest BCUT2D eigenvalue weighted by molar-refractivity contribution is 0.0655. The van der Waals surface area contributed by atoms with Gasteiger partial charge >= 0.3 is 0 Å². The molecular formula is C13H15ClN2O3. The average molecular weight is 283 g/mol. The molecule has 1 N–H and O–H groups in total. The molecule has 0 radical (unpaired) electrons. The van der Waals surface area contributed by atoms with Gasteiger partial charge in [-0.15, -0.1) is 0 Å². The highest BCUT2D eigenvalue weighted by Crippen LogP contribution is 2.40. The molecule has 2 aliphatic heterocycles. The Kier molecular flexibility index (Phi) is 3.24. The minimum absolute atomic E-state index is 0.0193. The molecule has 1 amide bonds. The Morgan fingerprint density at radius 3 is 3.11 bits per heavy atom. The summed E-state index contributed by atoms with van der Waals surface area (Å²) in [5, 5.41) is 3.68. The minimum Gasteiger partial charge on any atom is -0.454 e. The van der Waals surface area contributed by atoms with E-state index in [-0.39, 0.29) is 18.7 Å². The van der Waals surface area contributed by atoms with Gasteiger partial charge in [0.15, 0.2) is 11.5 Å². The first-order valence-corrected chi connectivity index (χ1v) is 6.65. The summed E-state index contributed by atoms with van der Waals surface area (Å²) in [4.78, 5) is 14.4. The highest BCUT2D eigenvalue weighted by atomic mass is 35.5. The summed E-state index contributed by atoms with van der Waals surface area (Å²) in [5.41, 5.74) is 0.544. The Morgan fingerprint density at radius 1 is 1.47 bits per heavy atom. The average Bonchev–Trinajstić information content (AvgIpc) is 2.87. The molecule has 1 aromatic carbocycles. The van der Waals surface area contributed by atoms with Crippen LogP contribution in [0.2, 0.25) is 5.02 Å². The van der Waals surface area contributed by atoms with Crippen LogP contribution in [0.5, 0.6) is 11.5 Å². The molecule has 6 heteroatoms. The quantitative estimate of drug-likeness (QED) is 0.848. The molecule has 102 valence electrons. The lowest BCUT2D eigenvalue weighted by Gasteiger charge is -2.34. The van der Waals surface area contributed by atoms with E-state index in [1.165, 1.54) is 0 Å². The van der Waals surface area contributed by atoms with Crippen molar-refractivity contribution >= 4 is 17.5 Å². The number of ether oxygens (including phenoxy) is 2. The van der Waals surface area contributed by atoms with Crippen molar-refractivity contribution in [2.75, 3.05) is 26.4 Å². The Morgan fingerprint density at radius 2 is 2.32 bits per heavy atom.